The summed E-state index contributed by atoms with van der Waals surface area (Å²) in [5.74, 6) is -1.41. The summed E-state index contributed by atoms with van der Waals surface area (Å²) in [5.41, 5.74) is 0.339. The van der Waals surface area contributed by atoms with Crippen LogP contribution in [0.15, 0.2) is 12.4 Å². The summed E-state index contributed by atoms with van der Waals surface area (Å²) >= 11 is 0. The standard InChI is InChI=1S/C11H14N2O5S/c1-18-10(11(14)15)9-5-12-4-7(13-9)6-19(16,17)8-2-3-8/h4-5,8,10H,2-3,6H2,1H3,(H,14,15). The van der Waals surface area contributed by atoms with Gasteiger partial charge in [-0.05, 0) is 12.8 Å². The van der Waals surface area contributed by atoms with E-state index in [0.29, 0.717) is 12.8 Å². The zero-order chi connectivity index (χ0) is 14.0. The molecule has 19 heavy (non-hydrogen) atoms. The van der Waals surface area contributed by atoms with Gasteiger partial charge in [-0.2, -0.15) is 0 Å². The number of methoxy groups -OCH3 is 1. The largest absolute Gasteiger partial charge is 0.479 e. The van der Waals surface area contributed by atoms with Crippen LogP contribution in [0.2, 0.25) is 0 Å². The van der Waals surface area contributed by atoms with Crippen LogP contribution in [0.25, 0.3) is 0 Å². The predicted molar refractivity (Wildman–Crippen MR) is 65.1 cm³/mol. The molecule has 1 aromatic heterocycles. The fourth-order valence-electron chi connectivity index (χ4n) is 1.72. The molecular formula is C11H14N2O5S. The molecule has 0 saturated heterocycles. The molecule has 104 valence electrons. The third-order valence-electron chi connectivity index (χ3n) is 2.81. The lowest BCUT2D eigenvalue weighted by Gasteiger charge is -2.10. The maximum absolute atomic E-state index is 11.8. The number of ether oxygens (including phenoxy) is 1. The number of nitrogens with zero attached hydrogens (tertiary/aromatic N) is 2. The van der Waals surface area contributed by atoms with Crippen molar-refractivity contribution >= 4 is 15.8 Å². The minimum Gasteiger partial charge on any atom is -0.479 e. The van der Waals surface area contributed by atoms with Gasteiger partial charge in [-0.1, -0.05) is 0 Å². The smallest absolute Gasteiger partial charge is 0.339 e. The van der Waals surface area contributed by atoms with E-state index in [0.717, 1.165) is 0 Å². The number of aromatic nitrogens is 2. The first-order chi connectivity index (χ1) is 8.94. The van der Waals surface area contributed by atoms with Crippen LogP contribution < -0.4 is 0 Å². The molecule has 1 unspecified atom stereocenters. The Balaban J connectivity index is 2.21. The Morgan fingerprint density at radius 3 is 2.74 bits per heavy atom. The van der Waals surface area contributed by atoms with Crippen LogP contribution in [-0.2, 0) is 25.1 Å². The van der Waals surface area contributed by atoms with Crippen LogP contribution in [0.3, 0.4) is 0 Å². The molecule has 1 aromatic rings. The Bertz CT molecular complexity index is 583. The first-order valence-electron chi connectivity index (χ1n) is 5.72. The van der Waals surface area contributed by atoms with Gasteiger partial charge in [-0.15, -0.1) is 0 Å². The number of rotatable bonds is 6. The first-order valence-corrected chi connectivity index (χ1v) is 7.43. The molecule has 1 aliphatic rings. The van der Waals surface area contributed by atoms with E-state index in [4.69, 9.17) is 9.84 Å². The Morgan fingerprint density at radius 1 is 1.53 bits per heavy atom. The van der Waals surface area contributed by atoms with Crippen molar-refractivity contribution in [3.63, 3.8) is 0 Å². The average molecular weight is 286 g/mol. The molecule has 1 atom stereocenters. The Kier molecular flexibility index (Phi) is 3.81. The quantitative estimate of drug-likeness (QED) is 0.802. The van der Waals surface area contributed by atoms with Gasteiger partial charge in [-0.3, -0.25) is 9.97 Å². The highest BCUT2D eigenvalue weighted by molar-refractivity contribution is 7.91. The lowest BCUT2D eigenvalue weighted by atomic mass is 10.2. The second-order valence-electron chi connectivity index (χ2n) is 4.40. The number of carbonyl (C=O) groups is 1. The summed E-state index contributed by atoms with van der Waals surface area (Å²) in [7, 11) is -1.96. The second kappa shape index (κ2) is 5.22. The number of hydrogen-bond donors (Lipinski definition) is 1. The number of carboxylic acid groups (broad SMARTS) is 1. The van der Waals surface area contributed by atoms with E-state index >= 15 is 0 Å². The minimum atomic E-state index is -3.20. The van der Waals surface area contributed by atoms with E-state index in [1.165, 1.54) is 19.5 Å². The topological polar surface area (TPSA) is 106 Å². The third kappa shape index (κ3) is 3.27. The summed E-state index contributed by atoms with van der Waals surface area (Å²) < 4.78 is 28.5. The molecule has 0 amide bonds. The van der Waals surface area contributed by atoms with Crippen molar-refractivity contribution in [1.82, 2.24) is 9.97 Å². The van der Waals surface area contributed by atoms with E-state index in [1.807, 2.05) is 0 Å². The summed E-state index contributed by atoms with van der Waals surface area (Å²) in [6, 6.07) is 0. The van der Waals surface area contributed by atoms with Crippen molar-refractivity contribution in [3.8, 4) is 0 Å². The van der Waals surface area contributed by atoms with Crippen molar-refractivity contribution in [2.24, 2.45) is 0 Å². The van der Waals surface area contributed by atoms with E-state index in [9.17, 15) is 13.2 Å². The Hall–Kier alpha value is -1.54. The molecule has 1 heterocycles. The molecule has 1 saturated carbocycles. The Morgan fingerprint density at radius 2 is 2.21 bits per heavy atom. The van der Waals surface area contributed by atoms with Crippen LogP contribution in [0.5, 0.6) is 0 Å². The van der Waals surface area contributed by atoms with Gasteiger partial charge in [0.2, 0.25) is 0 Å². The number of hydrogen-bond acceptors (Lipinski definition) is 6. The van der Waals surface area contributed by atoms with Crippen molar-refractivity contribution < 1.29 is 23.1 Å². The van der Waals surface area contributed by atoms with Gasteiger partial charge in [0.1, 0.15) is 0 Å². The molecule has 1 fully saturated rings. The summed E-state index contributed by atoms with van der Waals surface area (Å²) in [6.45, 7) is 0. The molecule has 0 bridgehead atoms. The molecule has 2 rings (SSSR count). The molecule has 0 aromatic carbocycles. The van der Waals surface area contributed by atoms with E-state index in [-0.39, 0.29) is 22.4 Å². The van der Waals surface area contributed by atoms with Crippen LogP contribution in [0.4, 0.5) is 0 Å². The Labute approximate surface area is 110 Å². The molecule has 0 radical (unpaired) electrons. The SMILES string of the molecule is COC(C(=O)O)c1cncc(CS(=O)(=O)C2CC2)n1. The lowest BCUT2D eigenvalue weighted by molar-refractivity contribution is -0.149. The van der Waals surface area contributed by atoms with Gasteiger partial charge in [0.15, 0.2) is 15.9 Å². The first kappa shape index (κ1) is 13.9. The maximum Gasteiger partial charge on any atom is 0.339 e. The minimum absolute atomic E-state index is 0.0958. The van der Waals surface area contributed by atoms with Crippen LogP contribution in [-0.4, -0.2) is 41.8 Å². The molecule has 0 spiro atoms. The van der Waals surface area contributed by atoms with Crippen molar-refractivity contribution in [2.45, 2.75) is 29.9 Å². The monoisotopic (exact) mass is 286 g/mol. The normalized spacial score (nSPS) is 17.1. The number of aliphatic carboxylic acids is 1. The zero-order valence-electron chi connectivity index (χ0n) is 10.3. The summed E-state index contributed by atoms with van der Waals surface area (Å²) in [5, 5.41) is 8.66. The highest BCUT2D eigenvalue weighted by atomic mass is 32.2. The third-order valence-corrected chi connectivity index (χ3v) is 5.00. The van der Waals surface area contributed by atoms with Gasteiger partial charge in [0, 0.05) is 13.3 Å². The summed E-state index contributed by atoms with van der Waals surface area (Å²) in [4.78, 5) is 18.8. The lowest BCUT2D eigenvalue weighted by Crippen LogP contribution is -2.17. The van der Waals surface area contributed by atoms with Gasteiger partial charge < -0.3 is 9.84 Å². The van der Waals surface area contributed by atoms with E-state index in [1.54, 1.807) is 0 Å². The highest BCUT2D eigenvalue weighted by Crippen LogP contribution is 2.30. The maximum atomic E-state index is 11.8. The van der Waals surface area contributed by atoms with Crippen LogP contribution in [0, 0.1) is 0 Å². The van der Waals surface area contributed by atoms with Gasteiger partial charge in [0.25, 0.3) is 0 Å². The van der Waals surface area contributed by atoms with Crippen molar-refractivity contribution in [2.75, 3.05) is 7.11 Å². The fourth-order valence-corrected chi connectivity index (χ4v) is 3.36. The van der Waals surface area contributed by atoms with E-state index < -0.39 is 21.9 Å². The van der Waals surface area contributed by atoms with Crippen LogP contribution in [0.1, 0.15) is 30.3 Å². The summed E-state index contributed by atoms with van der Waals surface area (Å²) in [6.07, 6.45) is 2.72. The van der Waals surface area contributed by atoms with Gasteiger partial charge in [0.05, 0.1) is 28.6 Å². The molecule has 1 aliphatic carbocycles. The van der Waals surface area contributed by atoms with Gasteiger partial charge >= 0.3 is 5.97 Å². The molecule has 1 N–H and O–H groups in total. The molecule has 7 nitrogen and oxygen atoms in total. The van der Waals surface area contributed by atoms with Crippen molar-refractivity contribution in [1.29, 1.82) is 0 Å². The highest BCUT2D eigenvalue weighted by Gasteiger charge is 2.36. The predicted octanol–water partition coefficient (Wildman–Crippen LogP) is 0.326. The van der Waals surface area contributed by atoms with E-state index in [2.05, 4.69) is 9.97 Å². The van der Waals surface area contributed by atoms with Crippen molar-refractivity contribution in [3.05, 3.63) is 23.8 Å². The van der Waals surface area contributed by atoms with Crippen LogP contribution >= 0.6 is 0 Å². The zero-order valence-corrected chi connectivity index (χ0v) is 11.1. The fraction of sp³-hybridized carbons (Fsp3) is 0.545. The average Bonchev–Trinajstić information content (AvgIpc) is 3.13. The molecule has 0 aliphatic heterocycles. The number of carboxylic acids is 1. The molecule has 8 heteroatoms. The molecular weight excluding hydrogens is 272 g/mol. The van der Waals surface area contributed by atoms with Gasteiger partial charge in [-0.25, -0.2) is 13.2 Å². The second-order valence-corrected chi connectivity index (χ2v) is 6.68. The number of sulfone groups is 1.